The lowest BCUT2D eigenvalue weighted by molar-refractivity contribution is 0.600. The Morgan fingerprint density at radius 2 is 1.75 bits per heavy atom. The molecule has 1 aromatic heterocycles. The Morgan fingerprint density at radius 3 is 2.42 bits per heavy atom. The minimum Gasteiger partial charge on any atom is -0.265 e. The van der Waals surface area contributed by atoms with E-state index in [1.165, 1.54) is 5.56 Å². The normalized spacial score (nSPS) is 11.4. The van der Waals surface area contributed by atoms with Crippen molar-refractivity contribution in [1.29, 1.82) is 0 Å². The molecule has 2 aromatic carbocycles. The number of nitrogens with one attached hydrogen (secondary N) is 1. The number of benzene rings is 2. The van der Waals surface area contributed by atoms with E-state index < -0.39 is 10.0 Å². The van der Waals surface area contributed by atoms with Crippen LogP contribution in [0.15, 0.2) is 70.2 Å². The predicted molar refractivity (Wildman–Crippen MR) is 97.5 cm³/mol. The first-order valence-electron chi connectivity index (χ1n) is 7.30. The Morgan fingerprint density at radius 1 is 1.08 bits per heavy atom. The molecule has 0 bridgehead atoms. The lowest BCUT2D eigenvalue weighted by Crippen LogP contribution is -2.14. The van der Waals surface area contributed by atoms with Gasteiger partial charge in [0.25, 0.3) is 10.0 Å². The molecule has 0 amide bonds. The second-order valence-electron chi connectivity index (χ2n) is 5.43. The average Bonchev–Trinajstić information content (AvgIpc) is 2.89. The van der Waals surface area contributed by atoms with Gasteiger partial charge in [0, 0.05) is 6.20 Å². The van der Waals surface area contributed by atoms with Crippen molar-refractivity contribution in [3.8, 4) is 0 Å². The third kappa shape index (κ3) is 3.85. The van der Waals surface area contributed by atoms with E-state index in [2.05, 4.69) is 25.8 Å². The quantitative estimate of drug-likeness (QED) is 0.701. The van der Waals surface area contributed by atoms with Crippen LogP contribution in [-0.2, 0) is 16.6 Å². The van der Waals surface area contributed by atoms with Crippen LogP contribution in [0.5, 0.6) is 0 Å². The molecule has 0 saturated heterocycles. The van der Waals surface area contributed by atoms with Crippen molar-refractivity contribution in [2.24, 2.45) is 0 Å². The summed E-state index contributed by atoms with van der Waals surface area (Å²) in [7, 11) is -3.66. The number of aryl methyl sites for hydroxylation is 1. The van der Waals surface area contributed by atoms with Gasteiger partial charge in [-0.3, -0.25) is 9.40 Å². The van der Waals surface area contributed by atoms with Gasteiger partial charge in [-0.05, 0) is 40.5 Å². The van der Waals surface area contributed by atoms with Gasteiger partial charge in [-0.25, -0.2) is 8.42 Å². The van der Waals surface area contributed by atoms with Crippen LogP contribution < -0.4 is 4.72 Å². The number of halogens is 1. The van der Waals surface area contributed by atoms with Crippen LogP contribution in [0.25, 0.3) is 0 Å². The van der Waals surface area contributed by atoms with Gasteiger partial charge in [-0.2, -0.15) is 5.10 Å². The molecule has 1 N–H and O–H groups in total. The standard InChI is InChI=1S/C17H16BrN3O2S/c1-13-7-9-14(10-8-13)11-21-12-16(18)17(19-21)20-24(22,23)15-5-3-2-4-6-15/h2-10,12H,11H2,1H3,(H,19,20). The molecule has 0 aliphatic rings. The highest BCUT2D eigenvalue weighted by atomic mass is 79.9. The lowest BCUT2D eigenvalue weighted by atomic mass is 10.1. The summed E-state index contributed by atoms with van der Waals surface area (Å²) in [4.78, 5) is 0.199. The third-order valence-corrected chi connectivity index (χ3v) is 5.40. The summed E-state index contributed by atoms with van der Waals surface area (Å²) in [6.45, 7) is 2.59. The monoisotopic (exact) mass is 405 g/mol. The van der Waals surface area contributed by atoms with E-state index in [1.54, 1.807) is 41.2 Å². The zero-order valence-electron chi connectivity index (χ0n) is 13.0. The molecule has 0 fully saturated rings. The fourth-order valence-electron chi connectivity index (χ4n) is 2.21. The van der Waals surface area contributed by atoms with E-state index in [1.807, 2.05) is 31.2 Å². The summed E-state index contributed by atoms with van der Waals surface area (Å²) >= 11 is 3.36. The van der Waals surface area contributed by atoms with Crippen LogP contribution in [0, 0.1) is 6.92 Å². The summed E-state index contributed by atoms with van der Waals surface area (Å²) in [5.41, 5.74) is 2.28. The highest BCUT2D eigenvalue weighted by Gasteiger charge is 2.17. The molecule has 7 heteroatoms. The highest BCUT2D eigenvalue weighted by molar-refractivity contribution is 9.10. The summed E-state index contributed by atoms with van der Waals surface area (Å²) in [5.74, 6) is 0.269. The van der Waals surface area contributed by atoms with Crippen LogP contribution in [0.4, 0.5) is 5.82 Å². The van der Waals surface area contributed by atoms with Gasteiger partial charge in [0.2, 0.25) is 0 Å². The van der Waals surface area contributed by atoms with Crippen molar-refractivity contribution in [1.82, 2.24) is 9.78 Å². The first-order valence-corrected chi connectivity index (χ1v) is 9.58. The maximum absolute atomic E-state index is 12.4. The van der Waals surface area contributed by atoms with Gasteiger partial charge in [-0.15, -0.1) is 0 Å². The van der Waals surface area contributed by atoms with Gasteiger partial charge < -0.3 is 0 Å². The van der Waals surface area contributed by atoms with Crippen molar-refractivity contribution >= 4 is 31.8 Å². The van der Waals surface area contributed by atoms with Gasteiger partial charge in [0.1, 0.15) is 0 Å². The van der Waals surface area contributed by atoms with Crippen LogP contribution in [0.1, 0.15) is 11.1 Å². The van der Waals surface area contributed by atoms with Crippen molar-refractivity contribution < 1.29 is 8.42 Å². The van der Waals surface area contributed by atoms with E-state index in [0.717, 1.165) is 5.56 Å². The number of aromatic nitrogens is 2. The number of anilines is 1. The summed E-state index contributed by atoms with van der Waals surface area (Å²) in [5, 5.41) is 4.32. The van der Waals surface area contributed by atoms with Crippen molar-refractivity contribution in [3.05, 3.63) is 76.4 Å². The molecule has 0 aliphatic carbocycles. The third-order valence-electron chi connectivity index (χ3n) is 3.47. The molecule has 0 unspecified atom stereocenters. The molecule has 124 valence electrons. The average molecular weight is 406 g/mol. The summed E-state index contributed by atoms with van der Waals surface area (Å²) in [6, 6.07) is 16.3. The highest BCUT2D eigenvalue weighted by Crippen LogP contribution is 2.23. The van der Waals surface area contributed by atoms with E-state index in [-0.39, 0.29) is 10.7 Å². The largest absolute Gasteiger partial charge is 0.265 e. The van der Waals surface area contributed by atoms with E-state index in [0.29, 0.717) is 11.0 Å². The minimum atomic E-state index is -3.66. The van der Waals surface area contributed by atoms with Gasteiger partial charge in [0.05, 0.1) is 15.9 Å². The molecule has 3 rings (SSSR count). The molecule has 3 aromatic rings. The smallest absolute Gasteiger partial charge is 0.263 e. The Labute approximate surface area is 149 Å². The molecule has 0 spiro atoms. The minimum absolute atomic E-state index is 0.199. The molecule has 1 heterocycles. The molecule has 5 nitrogen and oxygen atoms in total. The van der Waals surface area contributed by atoms with Crippen LogP contribution >= 0.6 is 15.9 Å². The molecule has 0 saturated carbocycles. The number of hydrogen-bond acceptors (Lipinski definition) is 3. The Kier molecular flexibility index (Phi) is 4.73. The van der Waals surface area contributed by atoms with Crippen molar-refractivity contribution in [2.75, 3.05) is 4.72 Å². The number of hydrogen-bond donors (Lipinski definition) is 1. The number of rotatable bonds is 5. The van der Waals surface area contributed by atoms with Gasteiger partial charge in [-0.1, -0.05) is 48.0 Å². The number of sulfonamides is 1. The molecule has 0 aliphatic heterocycles. The Bertz CT molecular complexity index is 936. The van der Waals surface area contributed by atoms with E-state index in [9.17, 15) is 8.42 Å². The summed E-state index contributed by atoms with van der Waals surface area (Å²) < 4.78 is 29.6. The Balaban J connectivity index is 1.80. The van der Waals surface area contributed by atoms with Gasteiger partial charge in [0.15, 0.2) is 5.82 Å². The van der Waals surface area contributed by atoms with Crippen molar-refractivity contribution in [2.45, 2.75) is 18.4 Å². The lowest BCUT2D eigenvalue weighted by Gasteiger charge is -2.06. The van der Waals surface area contributed by atoms with E-state index >= 15 is 0 Å². The maximum atomic E-state index is 12.4. The SMILES string of the molecule is Cc1ccc(Cn2cc(Br)c(NS(=O)(=O)c3ccccc3)n2)cc1. The topological polar surface area (TPSA) is 64.0 Å². The number of nitrogens with zero attached hydrogens (tertiary/aromatic N) is 2. The van der Waals surface area contributed by atoms with Crippen LogP contribution in [0.2, 0.25) is 0 Å². The van der Waals surface area contributed by atoms with Crippen LogP contribution in [-0.4, -0.2) is 18.2 Å². The zero-order valence-corrected chi connectivity index (χ0v) is 15.4. The van der Waals surface area contributed by atoms with E-state index in [4.69, 9.17) is 0 Å². The fourth-order valence-corrected chi connectivity index (χ4v) is 3.80. The molecular weight excluding hydrogens is 390 g/mol. The second kappa shape index (κ2) is 6.78. The molecular formula is C17H16BrN3O2S. The van der Waals surface area contributed by atoms with Crippen molar-refractivity contribution in [3.63, 3.8) is 0 Å². The Hall–Kier alpha value is -2.12. The zero-order chi connectivity index (χ0) is 17.2. The maximum Gasteiger partial charge on any atom is 0.263 e. The molecule has 24 heavy (non-hydrogen) atoms. The first kappa shape index (κ1) is 16.7. The molecule has 0 radical (unpaired) electrons. The fraction of sp³-hybridized carbons (Fsp3) is 0.118. The van der Waals surface area contributed by atoms with Gasteiger partial charge >= 0.3 is 0 Å². The molecule has 0 atom stereocenters. The predicted octanol–water partition coefficient (Wildman–Crippen LogP) is 3.80. The summed E-state index contributed by atoms with van der Waals surface area (Å²) in [6.07, 6.45) is 1.75. The second-order valence-corrected chi connectivity index (χ2v) is 7.96. The van der Waals surface area contributed by atoms with Crippen LogP contribution in [0.3, 0.4) is 0 Å². The first-order chi connectivity index (χ1) is 11.4.